The first-order chi connectivity index (χ1) is 9.11. The van der Waals surface area contributed by atoms with Gasteiger partial charge in [-0.05, 0) is 24.1 Å². The molecule has 2 aromatic rings. The Morgan fingerprint density at radius 3 is 2.58 bits per heavy atom. The lowest BCUT2D eigenvalue weighted by Gasteiger charge is -2.18. The van der Waals surface area contributed by atoms with Gasteiger partial charge in [-0.3, -0.25) is 0 Å². The Hall–Kier alpha value is -1.68. The summed E-state index contributed by atoms with van der Waals surface area (Å²) in [7, 11) is 2.06. The molecule has 0 aliphatic carbocycles. The van der Waals surface area contributed by atoms with Gasteiger partial charge in [0, 0.05) is 30.6 Å². The number of benzene rings is 1. The molecule has 4 heteroatoms. The maximum atomic E-state index is 5.95. The van der Waals surface area contributed by atoms with Crippen LogP contribution in [-0.4, -0.2) is 17.9 Å². The predicted octanol–water partition coefficient (Wildman–Crippen LogP) is 2.61. The minimum absolute atomic E-state index is 0.311. The van der Waals surface area contributed by atoms with Crippen LogP contribution in [0.5, 0.6) is 11.5 Å². The van der Waals surface area contributed by atoms with Crippen LogP contribution in [0.15, 0.2) is 18.3 Å². The van der Waals surface area contributed by atoms with Gasteiger partial charge in [0.05, 0.1) is 5.52 Å². The molecule has 3 rings (SSSR count). The van der Waals surface area contributed by atoms with Crippen LogP contribution in [0.2, 0.25) is 0 Å². The zero-order chi connectivity index (χ0) is 13.6. The van der Waals surface area contributed by atoms with E-state index in [1.165, 1.54) is 16.5 Å². The number of nitrogens with two attached hydrogens (primary N) is 1. The highest BCUT2D eigenvalue weighted by Crippen LogP contribution is 2.40. The Kier molecular flexibility index (Phi) is 2.90. The molecule has 1 aliphatic rings. The van der Waals surface area contributed by atoms with E-state index in [0.29, 0.717) is 25.2 Å². The standard InChI is InChI=1S/C15H20N2O2/c1-9(2)11(6-16)12-7-17(3)13-5-15-14(4-10(12)13)18-8-19-15/h4-5,7,9,11H,6,8,16H2,1-3H3. The van der Waals surface area contributed by atoms with Crippen molar-refractivity contribution in [3.8, 4) is 11.5 Å². The van der Waals surface area contributed by atoms with Crippen LogP contribution >= 0.6 is 0 Å². The molecule has 1 atom stereocenters. The van der Waals surface area contributed by atoms with Gasteiger partial charge < -0.3 is 19.8 Å². The number of nitrogens with zero attached hydrogens (tertiary/aromatic N) is 1. The van der Waals surface area contributed by atoms with Crippen molar-refractivity contribution in [3.63, 3.8) is 0 Å². The summed E-state index contributed by atoms with van der Waals surface area (Å²) in [4.78, 5) is 0. The van der Waals surface area contributed by atoms with E-state index in [2.05, 4.69) is 43.8 Å². The summed E-state index contributed by atoms with van der Waals surface area (Å²) < 4.78 is 13.1. The number of hydrogen-bond donors (Lipinski definition) is 1. The van der Waals surface area contributed by atoms with E-state index in [4.69, 9.17) is 15.2 Å². The van der Waals surface area contributed by atoms with Gasteiger partial charge in [0.1, 0.15) is 0 Å². The molecule has 1 aromatic heterocycles. The minimum Gasteiger partial charge on any atom is -0.454 e. The molecule has 2 N–H and O–H groups in total. The number of rotatable bonds is 3. The van der Waals surface area contributed by atoms with Crippen molar-refractivity contribution < 1.29 is 9.47 Å². The molecule has 0 fully saturated rings. The third-order valence-electron chi connectivity index (χ3n) is 3.97. The largest absolute Gasteiger partial charge is 0.454 e. The number of aryl methyl sites for hydroxylation is 1. The van der Waals surface area contributed by atoms with Crippen LogP contribution in [0.25, 0.3) is 10.9 Å². The highest BCUT2D eigenvalue weighted by atomic mass is 16.7. The van der Waals surface area contributed by atoms with Crippen molar-refractivity contribution in [1.29, 1.82) is 0 Å². The van der Waals surface area contributed by atoms with Gasteiger partial charge in [-0.25, -0.2) is 0 Å². The zero-order valence-electron chi connectivity index (χ0n) is 11.6. The summed E-state index contributed by atoms with van der Waals surface area (Å²) in [5.74, 6) is 2.54. The highest BCUT2D eigenvalue weighted by molar-refractivity contribution is 5.88. The van der Waals surface area contributed by atoms with Crippen molar-refractivity contribution >= 4 is 10.9 Å². The van der Waals surface area contributed by atoms with Gasteiger partial charge in [0.15, 0.2) is 11.5 Å². The molecule has 0 radical (unpaired) electrons. The van der Waals surface area contributed by atoms with Crippen LogP contribution in [0, 0.1) is 5.92 Å². The fourth-order valence-electron chi connectivity index (χ4n) is 2.86. The molecule has 0 amide bonds. The second-order valence-corrected chi connectivity index (χ2v) is 5.50. The first kappa shape index (κ1) is 12.4. The van der Waals surface area contributed by atoms with Gasteiger partial charge in [-0.2, -0.15) is 0 Å². The molecule has 1 aliphatic heterocycles. The van der Waals surface area contributed by atoms with Crippen LogP contribution in [0.1, 0.15) is 25.3 Å². The monoisotopic (exact) mass is 260 g/mol. The quantitative estimate of drug-likeness (QED) is 0.922. The second-order valence-electron chi connectivity index (χ2n) is 5.50. The van der Waals surface area contributed by atoms with E-state index in [9.17, 15) is 0 Å². The van der Waals surface area contributed by atoms with E-state index in [1.54, 1.807) is 0 Å². The first-order valence-electron chi connectivity index (χ1n) is 6.70. The van der Waals surface area contributed by atoms with E-state index in [0.717, 1.165) is 11.5 Å². The molecule has 0 saturated carbocycles. The third-order valence-corrected chi connectivity index (χ3v) is 3.97. The Balaban J connectivity index is 2.20. The summed E-state index contributed by atoms with van der Waals surface area (Å²) in [6.45, 7) is 5.39. The van der Waals surface area contributed by atoms with Crippen molar-refractivity contribution in [2.24, 2.45) is 18.7 Å². The molecule has 102 valence electrons. The summed E-state index contributed by atoms with van der Waals surface area (Å²) in [6, 6.07) is 4.13. The van der Waals surface area contributed by atoms with E-state index < -0.39 is 0 Å². The number of ether oxygens (including phenoxy) is 2. The lowest BCUT2D eigenvalue weighted by molar-refractivity contribution is 0.174. The Morgan fingerprint density at radius 2 is 1.95 bits per heavy atom. The third kappa shape index (κ3) is 1.87. The predicted molar refractivity (Wildman–Crippen MR) is 75.7 cm³/mol. The molecular formula is C15H20N2O2. The summed E-state index contributed by atoms with van der Waals surface area (Å²) in [5, 5.41) is 1.22. The van der Waals surface area contributed by atoms with Crippen LogP contribution < -0.4 is 15.2 Å². The molecule has 4 nitrogen and oxygen atoms in total. The van der Waals surface area contributed by atoms with Gasteiger partial charge in [0.2, 0.25) is 6.79 Å². The first-order valence-corrected chi connectivity index (χ1v) is 6.70. The normalized spacial score (nSPS) is 15.4. The molecular weight excluding hydrogens is 240 g/mol. The number of fused-ring (bicyclic) bond motifs is 2. The van der Waals surface area contributed by atoms with Crippen molar-refractivity contribution in [2.45, 2.75) is 19.8 Å². The van der Waals surface area contributed by atoms with Gasteiger partial charge in [0.25, 0.3) is 0 Å². The average Bonchev–Trinajstić information content (AvgIpc) is 2.93. The number of aromatic nitrogens is 1. The SMILES string of the molecule is CC(C)C(CN)c1cn(C)c2cc3c(cc12)OCO3. The van der Waals surface area contributed by atoms with Crippen LogP contribution in [-0.2, 0) is 7.05 Å². The van der Waals surface area contributed by atoms with Gasteiger partial charge >= 0.3 is 0 Å². The summed E-state index contributed by atoms with van der Waals surface area (Å²) >= 11 is 0. The highest BCUT2D eigenvalue weighted by Gasteiger charge is 2.22. The minimum atomic E-state index is 0.311. The summed E-state index contributed by atoms with van der Waals surface area (Å²) in [5.41, 5.74) is 8.42. The second kappa shape index (κ2) is 4.46. The van der Waals surface area contributed by atoms with Crippen molar-refractivity contribution in [3.05, 3.63) is 23.9 Å². The summed E-state index contributed by atoms with van der Waals surface area (Å²) in [6.07, 6.45) is 2.18. The van der Waals surface area contributed by atoms with Crippen molar-refractivity contribution in [2.75, 3.05) is 13.3 Å². The molecule has 0 saturated heterocycles. The van der Waals surface area contributed by atoms with Gasteiger partial charge in [-0.15, -0.1) is 0 Å². The molecule has 19 heavy (non-hydrogen) atoms. The van der Waals surface area contributed by atoms with E-state index in [1.807, 2.05) is 0 Å². The molecule has 0 spiro atoms. The Morgan fingerprint density at radius 1 is 1.26 bits per heavy atom. The van der Waals surface area contributed by atoms with Crippen molar-refractivity contribution in [1.82, 2.24) is 4.57 Å². The Bertz CT molecular complexity index is 616. The van der Waals surface area contributed by atoms with E-state index >= 15 is 0 Å². The maximum absolute atomic E-state index is 5.95. The topological polar surface area (TPSA) is 49.4 Å². The lowest BCUT2D eigenvalue weighted by atomic mass is 9.88. The lowest BCUT2D eigenvalue weighted by Crippen LogP contribution is -2.17. The molecule has 2 heterocycles. The van der Waals surface area contributed by atoms with Crippen LogP contribution in [0.4, 0.5) is 0 Å². The number of hydrogen-bond acceptors (Lipinski definition) is 3. The zero-order valence-corrected chi connectivity index (χ0v) is 11.6. The molecule has 1 aromatic carbocycles. The Labute approximate surface area is 113 Å². The molecule has 0 bridgehead atoms. The smallest absolute Gasteiger partial charge is 0.231 e. The fourth-order valence-corrected chi connectivity index (χ4v) is 2.86. The fraction of sp³-hybridized carbons (Fsp3) is 0.467. The average molecular weight is 260 g/mol. The van der Waals surface area contributed by atoms with E-state index in [-0.39, 0.29) is 0 Å². The van der Waals surface area contributed by atoms with Gasteiger partial charge in [-0.1, -0.05) is 13.8 Å². The van der Waals surface area contributed by atoms with Crippen LogP contribution in [0.3, 0.4) is 0 Å². The maximum Gasteiger partial charge on any atom is 0.231 e. The molecule has 1 unspecified atom stereocenters.